The van der Waals surface area contributed by atoms with E-state index in [-0.39, 0.29) is 12.0 Å². The van der Waals surface area contributed by atoms with Gasteiger partial charge >= 0.3 is 6.09 Å². The number of hydrogen-bond donors (Lipinski definition) is 0. The monoisotopic (exact) mass is 348 g/mol. The Bertz CT molecular complexity index is 551. The van der Waals surface area contributed by atoms with Crippen LogP contribution in [0.15, 0.2) is 24.3 Å². The lowest BCUT2D eigenvalue weighted by atomic mass is 10.1. The normalized spacial score (nSPS) is 14.3. The topological polar surface area (TPSA) is 59.1 Å². The standard InChI is InChI=1S/C19H28N2O4/c1-3-5-14-25-19(23)21-12-10-20(11-13-21)18(22)15-16-6-8-17(9-7-16)24-4-2/h6-9H,3-5,10-15H2,1-2H3. The molecule has 0 radical (unpaired) electrons. The number of carbonyl (C=O) groups is 2. The predicted molar refractivity (Wildman–Crippen MR) is 95.7 cm³/mol. The first kappa shape index (κ1) is 19.1. The third-order valence-electron chi connectivity index (χ3n) is 4.20. The van der Waals surface area contributed by atoms with Gasteiger partial charge in [0, 0.05) is 26.2 Å². The summed E-state index contributed by atoms with van der Waals surface area (Å²) in [7, 11) is 0. The first-order chi connectivity index (χ1) is 12.1. The average Bonchev–Trinajstić information content (AvgIpc) is 2.64. The summed E-state index contributed by atoms with van der Waals surface area (Å²) in [5, 5.41) is 0. The largest absolute Gasteiger partial charge is 0.494 e. The molecule has 25 heavy (non-hydrogen) atoms. The number of amides is 2. The quantitative estimate of drug-likeness (QED) is 0.711. The number of rotatable bonds is 7. The Kier molecular flexibility index (Phi) is 7.57. The van der Waals surface area contributed by atoms with Gasteiger partial charge in [0.1, 0.15) is 5.75 Å². The second-order valence-electron chi connectivity index (χ2n) is 6.09. The van der Waals surface area contributed by atoms with E-state index in [1.54, 1.807) is 4.90 Å². The molecule has 0 atom stereocenters. The molecule has 0 aromatic heterocycles. The highest BCUT2D eigenvalue weighted by Crippen LogP contribution is 2.14. The summed E-state index contributed by atoms with van der Waals surface area (Å²) in [4.78, 5) is 27.8. The SMILES string of the molecule is CCCCOC(=O)N1CCN(C(=O)Cc2ccc(OCC)cc2)CC1. The van der Waals surface area contributed by atoms with Gasteiger partial charge in [-0.3, -0.25) is 4.79 Å². The van der Waals surface area contributed by atoms with Gasteiger partial charge in [0.05, 0.1) is 19.6 Å². The zero-order valence-corrected chi connectivity index (χ0v) is 15.2. The fourth-order valence-electron chi connectivity index (χ4n) is 2.69. The third-order valence-corrected chi connectivity index (χ3v) is 4.20. The molecular weight excluding hydrogens is 320 g/mol. The molecule has 0 spiro atoms. The lowest BCUT2D eigenvalue weighted by Crippen LogP contribution is -2.51. The molecule has 0 unspecified atom stereocenters. The number of carbonyl (C=O) groups excluding carboxylic acids is 2. The van der Waals surface area contributed by atoms with Gasteiger partial charge < -0.3 is 19.3 Å². The van der Waals surface area contributed by atoms with E-state index in [1.165, 1.54) is 0 Å². The molecule has 1 fully saturated rings. The summed E-state index contributed by atoms with van der Waals surface area (Å²) in [6, 6.07) is 7.61. The molecule has 6 nitrogen and oxygen atoms in total. The Balaban J connectivity index is 1.76. The van der Waals surface area contributed by atoms with Crippen molar-refractivity contribution in [3.8, 4) is 5.75 Å². The van der Waals surface area contributed by atoms with E-state index in [2.05, 4.69) is 6.92 Å². The van der Waals surface area contributed by atoms with Crippen molar-refractivity contribution in [2.75, 3.05) is 39.4 Å². The molecule has 0 aliphatic carbocycles. The number of nitrogens with zero attached hydrogens (tertiary/aromatic N) is 2. The number of hydrogen-bond acceptors (Lipinski definition) is 4. The molecule has 138 valence electrons. The number of benzene rings is 1. The first-order valence-corrected chi connectivity index (χ1v) is 9.05. The molecule has 1 saturated heterocycles. The molecule has 1 heterocycles. The van der Waals surface area contributed by atoms with E-state index in [9.17, 15) is 9.59 Å². The molecule has 1 aliphatic heterocycles. The molecule has 1 aromatic carbocycles. The average molecular weight is 348 g/mol. The highest BCUT2D eigenvalue weighted by Gasteiger charge is 2.24. The van der Waals surface area contributed by atoms with E-state index >= 15 is 0 Å². The van der Waals surface area contributed by atoms with Crippen LogP contribution in [-0.4, -0.2) is 61.2 Å². The van der Waals surface area contributed by atoms with Crippen LogP contribution in [0.2, 0.25) is 0 Å². The molecule has 1 aromatic rings. The number of unbranched alkanes of at least 4 members (excludes halogenated alkanes) is 1. The van der Waals surface area contributed by atoms with Crippen LogP contribution in [-0.2, 0) is 16.0 Å². The predicted octanol–water partition coefficient (Wildman–Crippen LogP) is 2.71. The van der Waals surface area contributed by atoms with Crippen molar-refractivity contribution in [3.63, 3.8) is 0 Å². The van der Waals surface area contributed by atoms with Crippen LogP contribution in [0.4, 0.5) is 4.79 Å². The van der Waals surface area contributed by atoms with Crippen molar-refractivity contribution in [3.05, 3.63) is 29.8 Å². The molecular formula is C19H28N2O4. The number of ether oxygens (including phenoxy) is 2. The van der Waals surface area contributed by atoms with Gasteiger partial charge in [-0.25, -0.2) is 4.79 Å². The Labute approximate surface area is 149 Å². The zero-order chi connectivity index (χ0) is 18.1. The van der Waals surface area contributed by atoms with E-state index in [0.29, 0.717) is 45.8 Å². The highest BCUT2D eigenvalue weighted by molar-refractivity contribution is 5.79. The summed E-state index contributed by atoms with van der Waals surface area (Å²) < 4.78 is 10.6. The molecule has 0 bridgehead atoms. The van der Waals surface area contributed by atoms with Crippen LogP contribution in [0.1, 0.15) is 32.3 Å². The Hall–Kier alpha value is -2.24. The van der Waals surface area contributed by atoms with E-state index in [0.717, 1.165) is 24.2 Å². The van der Waals surface area contributed by atoms with Crippen molar-refractivity contribution in [2.45, 2.75) is 33.1 Å². The van der Waals surface area contributed by atoms with Gasteiger partial charge in [-0.1, -0.05) is 25.5 Å². The van der Waals surface area contributed by atoms with Crippen molar-refractivity contribution in [1.29, 1.82) is 0 Å². The Morgan fingerprint density at radius 2 is 1.64 bits per heavy atom. The molecule has 2 rings (SSSR count). The zero-order valence-electron chi connectivity index (χ0n) is 15.2. The minimum Gasteiger partial charge on any atom is -0.494 e. The minimum atomic E-state index is -0.271. The summed E-state index contributed by atoms with van der Waals surface area (Å²) >= 11 is 0. The van der Waals surface area contributed by atoms with Gasteiger partial charge in [0.2, 0.25) is 5.91 Å². The van der Waals surface area contributed by atoms with Crippen molar-refractivity contribution in [1.82, 2.24) is 9.80 Å². The molecule has 0 N–H and O–H groups in total. The Morgan fingerprint density at radius 1 is 1.00 bits per heavy atom. The van der Waals surface area contributed by atoms with Gasteiger partial charge in [-0.2, -0.15) is 0 Å². The summed E-state index contributed by atoms with van der Waals surface area (Å²) in [6.45, 7) is 7.26. The summed E-state index contributed by atoms with van der Waals surface area (Å²) in [5.41, 5.74) is 0.967. The molecule has 0 saturated carbocycles. The van der Waals surface area contributed by atoms with Crippen LogP contribution < -0.4 is 4.74 Å². The van der Waals surface area contributed by atoms with Crippen LogP contribution in [0.5, 0.6) is 5.75 Å². The lowest BCUT2D eigenvalue weighted by molar-refractivity contribution is -0.132. The van der Waals surface area contributed by atoms with Crippen LogP contribution in [0, 0.1) is 0 Å². The fourth-order valence-corrected chi connectivity index (χ4v) is 2.69. The highest BCUT2D eigenvalue weighted by atomic mass is 16.6. The van der Waals surface area contributed by atoms with Crippen molar-refractivity contribution >= 4 is 12.0 Å². The number of piperazine rings is 1. The van der Waals surface area contributed by atoms with Crippen LogP contribution in [0.3, 0.4) is 0 Å². The Morgan fingerprint density at radius 3 is 2.24 bits per heavy atom. The van der Waals surface area contributed by atoms with Crippen molar-refractivity contribution < 1.29 is 19.1 Å². The second kappa shape index (κ2) is 9.91. The van der Waals surface area contributed by atoms with E-state index < -0.39 is 0 Å². The molecule has 2 amide bonds. The smallest absolute Gasteiger partial charge is 0.409 e. The van der Waals surface area contributed by atoms with Gasteiger partial charge in [0.25, 0.3) is 0 Å². The minimum absolute atomic E-state index is 0.0863. The summed E-state index contributed by atoms with van der Waals surface area (Å²) in [6.07, 6.45) is 1.98. The van der Waals surface area contributed by atoms with Crippen LogP contribution >= 0.6 is 0 Å². The first-order valence-electron chi connectivity index (χ1n) is 9.05. The third kappa shape index (κ3) is 5.96. The molecule has 6 heteroatoms. The summed E-state index contributed by atoms with van der Waals surface area (Å²) in [5.74, 6) is 0.900. The van der Waals surface area contributed by atoms with Gasteiger partial charge in [0.15, 0.2) is 0 Å². The fraction of sp³-hybridized carbons (Fsp3) is 0.579. The van der Waals surface area contributed by atoms with Crippen LogP contribution in [0.25, 0.3) is 0 Å². The maximum absolute atomic E-state index is 12.4. The lowest BCUT2D eigenvalue weighted by Gasteiger charge is -2.34. The van der Waals surface area contributed by atoms with E-state index in [4.69, 9.17) is 9.47 Å². The van der Waals surface area contributed by atoms with E-state index in [1.807, 2.05) is 36.1 Å². The van der Waals surface area contributed by atoms with Crippen molar-refractivity contribution in [2.24, 2.45) is 0 Å². The van der Waals surface area contributed by atoms with Gasteiger partial charge in [-0.15, -0.1) is 0 Å². The maximum Gasteiger partial charge on any atom is 0.409 e. The maximum atomic E-state index is 12.4. The second-order valence-corrected chi connectivity index (χ2v) is 6.09. The van der Waals surface area contributed by atoms with Gasteiger partial charge in [-0.05, 0) is 31.0 Å². The molecule has 1 aliphatic rings.